The molecule has 0 aliphatic rings. The SMILES string of the molecule is CCOC(=O)C=COCCC(=O)C(F)F. The van der Waals surface area contributed by atoms with Crippen LogP contribution in [0.1, 0.15) is 13.3 Å². The smallest absolute Gasteiger partial charge is 0.333 e. The molecule has 0 radical (unpaired) electrons. The van der Waals surface area contributed by atoms with E-state index in [4.69, 9.17) is 0 Å². The highest BCUT2D eigenvalue weighted by molar-refractivity contribution is 5.82. The predicted octanol–water partition coefficient (Wildman–Crippen LogP) is 1.30. The first-order chi connectivity index (χ1) is 7.07. The Kier molecular flexibility index (Phi) is 7.13. The van der Waals surface area contributed by atoms with Gasteiger partial charge in [-0.2, -0.15) is 0 Å². The first-order valence-electron chi connectivity index (χ1n) is 4.33. The number of ketones is 1. The van der Waals surface area contributed by atoms with Crippen molar-refractivity contribution in [2.75, 3.05) is 13.2 Å². The third-order valence-electron chi connectivity index (χ3n) is 1.30. The Bertz CT molecular complexity index is 238. The van der Waals surface area contributed by atoms with Crippen molar-refractivity contribution in [1.82, 2.24) is 0 Å². The summed E-state index contributed by atoms with van der Waals surface area (Å²) in [4.78, 5) is 21.1. The maximum absolute atomic E-state index is 11.7. The molecule has 0 aromatic carbocycles. The Hall–Kier alpha value is -1.46. The molecule has 0 saturated carbocycles. The Morgan fingerprint density at radius 1 is 1.40 bits per heavy atom. The number of rotatable bonds is 7. The molecule has 0 amide bonds. The van der Waals surface area contributed by atoms with Crippen molar-refractivity contribution in [1.29, 1.82) is 0 Å². The van der Waals surface area contributed by atoms with Gasteiger partial charge in [0.15, 0.2) is 0 Å². The zero-order valence-electron chi connectivity index (χ0n) is 8.24. The van der Waals surface area contributed by atoms with Gasteiger partial charge in [0.25, 0.3) is 6.43 Å². The summed E-state index contributed by atoms with van der Waals surface area (Å²) in [6, 6.07) is 0. The first-order valence-corrected chi connectivity index (χ1v) is 4.33. The van der Waals surface area contributed by atoms with E-state index in [0.29, 0.717) is 0 Å². The summed E-state index contributed by atoms with van der Waals surface area (Å²) in [6.07, 6.45) is -1.33. The summed E-state index contributed by atoms with van der Waals surface area (Å²) in [7, 11) is 0. The van der Waals surface area contributed by atoms with Crippen molar-refractivity contribution in [2.24, 2.45) is 0 Å². The molecule has 0 spiro atoms. The highest BCUT2D eigenvalue weighted by Gasteiger charge is 2.13. The summed E-state index contributed by atoms with van der Waals surface area (Å²) >= 11 is 0. The molecule has 6 heteroatoms. The molecule has 0 unspecified atom stereocenters. The van der Waals surface area contributed by atoms with E-state index < -0.39 is 18.2 Å². The predicted molar refractivity (Wildman–Crippen MR) is 47.4 cm³/mol. The molecule has 15 heavy (non-hydrogen) atoms. The quantitative estimate of drug-likeness (QED) is 0.282. The third-order valence-corrected chi connectivity index (χ3v) is 1.30. The fraction of sp³-hybridized carbons (Fsp3) is 0.556. The lowest BCUT2D eigenvalue weighted by atomic mass is 10.3. The van der Waals surface area contributed by atoms with Crippen LogP contribution in [0.25, 0.3) is 0 Å². The average Bonchev–Trinajstić information content (AvgIpc) is 2.17. The monoisotopic (exact) mass is 222 g/mol. The van der Waals surface area contributed by atoms with Gasteiger partial charge in [0.05, 0.1) is 25.6 Å². The molecule has 0 heterocycles. The number of halogens is 2. The summed E-state index contributed by atoms with van der Waals surface area (Å²) < 4.78 is 32.5. The minimum atomic E-state index is -2.97. The van der Waals surface area contributed by atoms with Crippen molar-refractivity contribution >= 4 is 11.8 Å². The summed E-state index contributed by atoms with van der Waals surface area (Å²) in [5, 5.41) is 0. The van der Waals surface area contributed by atoms with E-state index in [-0.39, 0.29) is 19.6 Å². The number of carbonyl (C=O) groups excluding carboxylic acids is 2. The Labute approximate surface area is 85.9 Å². The number of alkyl halides is 2. The van der Waals surface area contributed by atoms with Gasteiger partial charge in [-0.05, 0) is 6.92 Å². The highest BCUT2D eigenvalue weighted by Crippen LogP contribution is 1.98. The molecule has 0 rings (SSSR count). The van der Waals surface area contributed by atoms with Crippen LogP contribution in [0.15, 0.2) is 12.3 Å². The molecule has 0 bridgehead atoms. The van der Waals surface area contributed by atoms with Crippen molar-refractivity contribution in [2.45, 2.75) is 19.8 Å². The number of Topliss-reactive ketones (excluding diaryl/α,β-unsaturated/α-hetero) is 1. The Morgan fingerprint density at radius 3 is 2.60 bits per heavy atom. The fourth-order valence-electron chi connectivity index (χ4n) is 0.631. The number of ether oxygens (including phenoxy) is 2. The number of esters is 1. The molecule has 4 nitrogen and oxygen atoms in total. The van der Waals surface area contributed by atoms with Crippen molar-refractivity contribution in [3.8, 4) is 0 Å². The largest absolute Gasteiger partial charge is 0.500 e. The van der Waals surface area contributed by atoms with Crippen LogP contribution in [0, 0.1) is 0 Å². The molecule has 86 valence electrons. The van der Waals surface area contributed by atoms with Crippen molar-refractivity contribution in [3.63, 3.8) is 0 Å². The van der Waals surface area contributed by atoms with Crippen LogP contribution in [-0.2, 0) is 19.1 Å². The van der Waals surface area contributed by atoms with Crippen molar-refractivity contribution < 1.29 is 27.8 Å². The standard InChI is InChI=1S/C9H12F2O4/c1-2-15-8(13)4-6-14-5-3-7(12)9(10)11/h4,6,9H,2-3,5H2,1H3. The topological polar surface area (TPSA) is 52.6 Å². The Balaban J connectivity index is 3.54. The average molecular weight is 222 g/mol. The number of hydrogen-bond acceptors (Lipinski definition) is 4. The molecule has 0 fully saturated rings. The van der Waals surface area contributed by atoms with E-state index in [2.05, 4.69) is 9.47 Å². The maximum atomic E-state index is 11.7. The molecule has 0 saturated heterocycles. The lowest BCUT2D eigenvalue weighted by molar-refractivity contribution is -0.137. The summed E-state index contributed by atoms with van der Waals surface area (Å²) in [6.45, 7) is 1.71. The summed E-state index contributed by atoms with van der Waals surface area (Å²) in [5.74, 6) is -1.77. The minimum absolute atomic E-state index is 0.181. The van der Waals surface area contributed by atoms with E-state index in [9.17, 15) is 18.4 Å². The molecule has 0 aromatic rings. The zero-order valence-corrected chi connectivity index (χ0v) is 8.24. The normalized spacial score (nSPS) is 10.7. The van der Waals surface area contributed by atoms with Gasteiger partial charge in [-0.25, -0.2) is 13.6 Å². The van der Waals surface area contributed by atoms with E-state index in [1.807, 2.05) is 0 Å². The minimum Gasteiger partial charge on any atom is -0.500 e. The summed E-state index contributed by atoms with van der Waals surface area (Å²) in [5.41, 5.74) is 0. The molecule has 0 aliphatic heterocycles. The van der Waals surface area contributed by atoms with E-state index in [1.165, 1.54) is 0 Å². The van der Waals surface area contributed by atoms with E-state index in [1.54, 1.807) is 6.92 Å². The molecule has 0 aromatic heterocycles. The molecule has 0 atom stereocenters. The first kappa shape index (κ1) is 13.5. The Morgan fingerprint density at radius 2 is 2.07 bits per heavy atom. The lowest BCUT2D eigenvalue weighted by Gasteiger charge is -1.99. The van der Waals surface area contributed by atoms with E-state index >= 15 is 0 Å². The van der Waals surface area contributed by atoms with Gasteiger partial charge in [-0.3, -0.25) is 4.79 Å². The van der Waals surface area contributed by atoms with Gasteiger partial charge in [0.2, 0.25) is 5.78 Å². The van der Waals surface area contributed by atoms with Crippen molar-refractivity contribution in [3.05, 3.63) is 12.3 Å². The fourth-order valence-corrected chi connectivity index (χ4v) is 0.631. The van der Waals surface area contributed by atoms with Crippen LogP contribution in [0.2, 0.25) is 0 Å². The van der Waals surface area contributed by atoms with Crippen LogP contribution in [0.4, 0.5) is 8.78 Å². The molecular weight excluding hydrogens is 210 g/mol. The van der Waals surface area contributed by atoms with Gasteiger partial charge in [0.1, 0.15) is 0 Å². The number of hydrogen-bond donors (Lipinski definition) is 0. The lowest BCUT2D eigenvalue weighted by Crippen LogP contribution is -2.11. The second-order valence-electron chi connectivity index (χ2n) is 2.44. The third kappa shape index (κ3) is 7.60. The molecule has 0 aliphatic carbocycles. The van der Waals surface area contributed by atoms with Crippen LogP contribution >= 0.6 is 0 Å². The van der Waals surface area contributed by atoms with Gasteiger partial charge < -0.3 is 9.47 Å². The maximum Gasteiger partial charge on any atom is 0.333 e. The van der Waals surface area contributed by atoms with Gasteiger partial charge in [-0.1, -0.05) is 0 Å². The number of carbonyl (C=O) groups is 2. The second-order valence-corrected chi connectivity index (χ2v) is 2.44. The van der Waals surface area contributed by atoms with Crippen LogP contribution < -0.4 is 0 Å². The van der Waals surface area contributed by atoms with Gasteiger partial charge in [-0.15, -0.1) is 0 Å². The van der Waals surface area contributed by atoms with E-state index in [0.717, 1.165) is 12.3 Å². The molecular formula is C9H12F2O4. The highest BCUT2D eigenvalue weighted by atomic mass is 19.3. The van der Waals surface area contributed by atoms with Crippen LogP contribution in [0.5, 0.6) is 0 Å². The zero-order chi connectivity index (χ0) is 11.7. The van der Waals surface area contributed by atoms with Gasteiger partial charge >= 0.3 is 5.97 Å². The van der Waals surface area contributed by atoms with Crippen LogP contribution in [0.3, 0.4) is 0 Å². The van der Waals surface area contributed by atoms with Gasteiger partial charge in [0, 0.05) is 6.42 Å². The second kappa shape index (κ2) is 7.90. The van der Waals surface area contributed by atoms with Crippen LogP contribution in [-0.4, -0.2) is 31.4 Å². The molecule has 0 N–H and O–H groups in total.